The first-order valence-corrected chi connectivity index (χ1v) is 6.40. The summed E-state index contributed by atoms with van der Waals surface area (Å²) in [5.74, 6) is -0.885. The summed E-state index contributed by atoms with van der Waals surface area (Å²) in [6.07, 6.45) is 0. The van der Waals surface area contributed by atoms with Gasteiger partial charge in [0.25, 0.3) is 0 Å². The number of hydrogen-bond donors (Lipinski definition) is 2. The van der Waals surface area contributed by atoms with Gasteiger partial charge in [-0.1, -0.05) is 11.6 Å². The van der Waals surface area contributed by atoms with E-state index in [9.17, 15) is 12.8 Å². The molecule has 0 aromatic heterocycles. The topological polar surface area (TPSA) is 72.2 Å². The van der Waals surface area contributed by atoms with Crippen molar-refractivity contribution < 1.29 is 12.8 Å². The van der Waals surface area contributed by atoms with E-state index in [4.69, 9.17) is 17.3 Å². The van der Waals surface area contributed by atoms with Gasteiger partial charge in [0.15, 0.2) is 0 Å². The second kappa shape index (κ2) is 5.09. The average Bonchev–Trinajstić information content (AvgIpc) is 2.16. The van der Waals surface area contributed by atoms with Gasteiger partial charge in [-0.3, -0.25) is 0 Å². The molecule has 0 amide bonds. The molecular formula is C9H12ClFN2O2S. The fourth-order valence-corrected chi connectivity index (χ4v) is 2.54. The molecule has 3 N–H and O–H groups in total. The van der Waals surface area contributed by atoms with Crippen molar-refractivity contribution in [2.24, 2.45) is 5.73 Å². The highest BCUT2D eigenvalue weighted by Crippen LogP contribution is 2.18. The number of halogens is 2. The Morgan fingerprint density at radius 2 is 2.19 bits per heavy atom. The molecule has 1 rings (SSSR count). The molecule has 1 aromatic carbocycles. The van der Waals surface area contributed by atoms with Crippen LogP contribution in [0, 0.1) is 5.82 Å². The first-order chi connectivity index (χ1) is 7.36. The summed E-state index contributed by atoms with van der Waals surface area (Å²) in [6.45, 7) is 1.72. The number of nitrogens with two attached hydrogens (primary N) is 1. The van der Waals surface area contributed by atoms with Gasteiger partial charge in [-0.05, 0) is 25.1 Å². The molecule has 0 heterocycles. The van der Waals surface area contributed by atoms with E-state index >= 15 is 0 Å². The Balaban J connectivity index is 3.08. The highest BCUT2D eigenvalue weighted by atomic mass is 35.5. The molecular weight excluding hydrogens is 255 g/mol. The van der Waals surface area contributed by atoms with Gasteiger partial charge in [-0.25, -0.2) is 17.5 Å². The maximum absolute atomic E-state index is 13.4. The van der Waals surface area contributed by atoms with Crippen LogP contribution in [0.15, 0.2) is 23.1 Å². The number of benzene rings is 1. The lowest BCUT2D eigenvalue weighted by Crippen LogP contribution is -2.38. The minimum atomic E-state index is -3.88. The normalized spacial score (nSPS) is 13.8. The van der Waals surface area contributed by atoms with Crippen LogP contribution < -0.4 is 10.5 Å². The molecule has 0 saturated carbocycles. The van der Waals surface area contributed by atoms with Gasteiger partial charge in [0.2, 0.25) is 10.0 Å². The predicted octanol–water partition coefficient (Wildman–Crippen LogP) is 1.10. The van der Waals surface area contributed by atoms with E-state index in [-0.39, 0.29) is 11.6 Å². The van der Waals surface area contributed by atoms with Crippen LogP contribution in [0.4, 0.5) is 4.39 Å². The molecule has 0 fully saturated rings. The van der Waals surface area contributed by atoms with Gasteiger partial charge in [-0.15, -0.1) is 0 Å². The van der Waals surface area contributed by atoms with Crippen LogP contribution in [0.1, 0.15) is 6.92 Å². The lowest BCUT2D eigenvalue weighted by Gasteiger charge is -2.12. The van der Waals surface area contributed by atoms with Crippen molar-refractivity contribution in [3.63, 3.8) is 0 Å². The minimum absolute atomic E-state index is 0.133. The third-order valence-corrected chi connectivity index (χ3v) is 3.75. The molecule has 0 spiro atoms. The SMILES string of the molecule is C[C@@H](CN)NS(=O)(=O)c1ccc(Cl)cc1F. The van der Waals surface area contributed by atoms with Crippen molar-refractivity contribution in [2.45, 2.75) is 17.9 Å². The maximum atomic E-state index is 13.4. The lowest BCUT2D eigenvalue weighted by molar-refractivity contribution is 0.544. The van der Waals surface area contributed by atoms with Crippen LogP contribution in [0.25, 0.3) is 0 Å². The van der Waals surface area contributed by atoms with Gasteiger partial charge < -0.3 is 5.73 Å². The highest BCUT2D eigenvalue weighted by molar-refractivity contribution is 7.89. The van der Waals surface area contributed by atoms with Gasteiger partial charge >= 0.3 is 0 Å². The summed E-state index contributed by atoms with van der Waals surface area (Å²) >= 11 is 5.52. The average molecular weight is 267 g/mol. The predicted molar refractivity (Wildman–Crippen MR) is 60.2 cm³/mol. The third-order valence-electron chi connectivity index (χ3n) is 1.89. The first kappa shape index (κ1) is 13.4. The van der Waals surface area contributed by atoms with Crippen molar-refractivity contribution in [3.8, 4) is 0 Å². The van der Waals surface area contributed by atoms with Crippen molar-refractivity contribution in [1.29, 1.82) is 0 Å². The zero-order valence-electron chi connectivity index (χ0n) is 8.57. The Labute approximate surface area is 98.6 Å². The maximum Gasteiger partial charge on any atom is 0.243 e. The van der Waals surface area contributed by atoms with E-state index in [1.807, 2.05) is 0 Å². The van der Waals surface area contributed by atoms with Crippen LogP contribution >= 0.6 is 11.6 Å². The largest absolute Gasteiger partial charge is 0.329 e. The molecule has 90 valence electrons. The van der Waals surface area contributed by atoms with Crippen LogP contribution in [-0.2, 0) is 10.0 Å². The molecule has 1 atom stereocenters. The van der Waals surface area contributed by atoms with Crippen molar-refractivity contribution in [3.05, 3.63) is 29.0 Å². The second-order valence-electron chi connectivity index (χ2n) is 3.33. The van der Waals surface area contributed by atoms with Gasteiger partial charge in [0.05, 0.1) is 0 Å². The summed E-state index contributed by atoms with van der Waals surface area (Å²) in [7, 11) is -3.88. The van der Waals surface area contributed by atoms with E-state index in [2.05, 4.69) is 4.72 Å². The zero-order valence-corrected chi connectivity index (χ0v) is 10.1. The molecule has 1 aromatic rings. The molecule has 16 heavy (non-hydrogen) atoms. The fourth-order valence-electron chi connectivity index (χ4n) is 1.07. The monoisotopic (exact) mass is 266 g/mol. The van der Waals surface area contributed by atoms with Gasteiger partial charge in [0.1, 0.15) is 10.7 Å². The fraction of sp³-hybridized carbons (Fsp3) is 0.333. The minimum Gasteiger partial charge on any atom is -0.329 e. The molecule has 0 unspecified atom stereocenters. The third kappa shape index (κ3) is 3.15. The van der Waals surface area contributed by atoms with E-state index < -0.39 is 26.8 Å². The van der Waals surface area contributed by atoms with E-state index in [1.54, 1.807) is 6.92 Å². The molecule has 0 aliphatic rings. The number of nitrogens with one attached hydrogen (secondary N) is 1. The Morgan fingerprint density at radius 3 is 2.69 bits per heavy atom. The van der Waals surface area contributed by atoms with Crippen LogP contribution in [0.5, 0.6) is 0 Å². The second-order valence-corrected chi connectivity index (χ2v) is 5.45. The van der Waals surface area contributed by atoms with Gasteiger partial charge in [-0.2, -0.15) is 0 Å². The number of rotatable bonds is 4. The summed E-state index contributed by atoms with van der Waals surface area (Å²) in [4.78, 5) is -0.433. The molecule has 0 aliphatic carbocycles. The van der Waals surface area contributed by atoms with Crippen molar-refractivity contribution in [2.75, 3.05) is 6.54 Å². The number of hydrogen-bond acceptors (Lipinski definition) is 3. The highest BCUT2D eigenvalue weighted by Gasteiger charge is 2.20. The summed E-state index contributed by atoms with van der Waals surface area (Å²) in [5, 5.41) is 0.142. The van der Waals surface area contributed by atoms with Gasteiger partial charge in [0, 0.05) is 17.6 Å². The molecule has 0 bridgehead atoms. The summed E-state index contributed by atoms with van der Waals surface area (Å²) in [6, 6.07) is 2.92. The molecule has 4 nitrogen and oxygen atoms in total. The standard InChI is InChI=1S/C9H12ClFN2O2S/c1-6(5-12)13-16(14,15)9-3-2-7(10)4-8(9)11/h2-4,6,13H,5,12H2,1H3/t6-/m0/s1. The van der Waals surface area contributed by atoms with Crippen molar-refractivity contribution >= 4 is 21.6 Å². The van der Waals surface area contributed by atoms with E-state index in [1.165, 1.54) is 6.07 Å². The molecule has 0 saturated heterocycles. The Bertz CT molecular complexity index is 478. The quantitative estimate of drug-likeness (QED) is 0.857. The van der Waals surface area contributed by atoms with E-state index in [0.717, 1.165) is 12.1 Å². The Hall–Kier alpha value is -0.690. The zero-order chi connectivity index (χ0) is 12.3. The van der Waals surface area contributed by atoms with Crippen LogP contribution in [0.3, 0.4) is 0 Å². The molecule has 7 heteroatoms. The van der Waals surface area contributed by atoms with Crippen molar-refractivity contribution in [1.82, 2.24) is 4.72 Å². The van der Waals surface area contributed by atoms with Crippen LogP contribution in [0.2, 0.25) is 5.02 Å². The summed E-state index contributed by atoms with van der Waals surface area (Å²) < 4.78 is 39.0. The smallest absolute Gasteiger partial charge is 0.243 e. The molecule has 0 aliphatic heterocycles. The van der Waals surface area contributed by atoms with Crippen LogP contribution in [-0.4, -0.2) is 21.0 Å². The lowest BCUT2D eigenvalue weighted by atomic mass is 10.3. The summed E-state index contributed by atoms with van der Waals surface area (Å²) in [5.41, 5.74) is 5.28. The first-order valence-electron chi connectivity index (χ1n) is 4.54. The Morgan fingerprint density at radius 1 is 1.56 bits per heavy atom. The molecule has 0 radical (unpaired) electrons. The Kier molecular flexibility index (Phi) is 4.26. The van der Waals surface area contributed by atoms with E-state index in [0.29, 0.717) is 0 Å². The number of sulfonamides is 1.